The minimum Gasteiger partial charge on any atom is -0.296 e. The maximum absolute atomic E-state index is 10.8. The molecule has 0 aromatic heterocycles. The molecule has 68 valence electrons. The number of carbonyl (C=O) groups excluding carboxylic acids is 2. The molecule has 0 unspecified atom stereocenters. The zero-order valence-corrected chi connectivity index (χ0v) is 7.71. The Kier molecular flexibility index (Phi) is 3.96. The maximum atomic E-state index is 10.8. The Morgan fingerprint density at radius 3 is 2.08 bits per heavy atom. The van der Waals surface area contributed by atoms with Gasteiger partial charge in [-0.1, -0.05) is 0 Å². The van der Waals surface area contributed by atoms with Crippen LogP contribution in [0.3, 0.4) is 0 Å². The quantitative estimate of drug-likeness (QED) is 0.397. The molecule has 0 aliphatic carbocycles. The lowest BCUT2D eigenvalue weighted by Gasteiger charge is -2.16. The van der Waals surface area contributed by atoms with Gasteiger partial charge < -0.3 is 0 Å². The SMILES string of the molecule is CN=C(NC(C)=O)N(C)C(C)=O. The van der Waals surface area contributed by atoms with Crippen molar-refractivity contribution >= 4 is 17.8 Å². The summed E-state index contributed by atoms with van der Waals surface area (Å²) < 4.78 is 0. The normalized spacial score (nSPS) is 10.8. The van der Waals surface area contributed by atoms with E-state index in [9.17, 15) is 9.59 Å². The van der Waals surface area contributed by atoms with E-state index >= 15 is 0 Å². The van der Waals surface area contributed by atoms with Gasteiger partial charge in [0.2, 0.25) is 17.8 Å². The Morgan fingerprint density at radius 2 is 1.83 bits per heavy atom. The molecule has 2 amide bonds. The molecule has 12 heavy (non-hydrogen) atoms. The summed E-state index contributed by atoms with van der Waals surface area (Å²) in [6.45, 7) is 2.76. The van der Waals surface area contributed by atoms with Crippen molar-refractivity contribution in [1.29, 1.82) is 0 Å². The smallest absolute Gasteiger partial charge is 0.225 e. The van der Waals surface area contributed by atoms with E-state index in [4.69, 9.17) is 0 Å². The largest absolute Gasteiger partial charge is 0.296 e. The van der Waals surface area contributed by atoms with Crippen LogP contribution in [-0.2, 0) is 9.59 Å². The average Bonchev–Trinajstić information content (AvgIpc) is 1.98. The van der Waals surface area contributed by atoms with Crippen LogP contribution in [0.1, 0.15) is 13.8 Å². The van der Waals surface area contributed by atoms with Gasteiger partial charge in [0.25, 0.3) is 0 Å². The number of amides is 2. The second-order valence-electron chi connectivity index (χ2n) is 2.31. The summed E-state index contributed by atoms with van der Waals surface area (Å²) in [5.74, 6) is -0.164. The third-order valence-corrected chi connectivity index (χ3v) is 1.29. The number of nitrogens with zero attached hydrogens (tertiary/aromatic N) is 2. The lowest BCUT2D eigenvalue weighted by molar-refractivity contribution is -0.124. The first-order valence-corrected chi connectivity index (χ1v) is 3.47. The monoisotopic (exact) mass is 171 g/mol. The van der Waals surface area contributed by atoms with E-state index in [0.29, 0.717) is 0 Å². The topological polar surface area (TPSA) is 61.8 Å². The molecule has 0 fully saturated rings. The van der Waals surface area contributed by atoms with Gasteiger partial charge in [0.05, 0.1) is 0 Å². The lowest BCUT2D eigenvalue weighted by Crippen LogP contribution is -2.43. The molecule has 0 saturated carbocycles. The third-order valence-electron chi connectivity index (χ3n) is 1.29. The van der Waals surface area contributed by atoms with Crippen molar-refractivity contribution in [3.05, 3.63) is 0 Å². The van der Waals surface area contributed by atoms with E-state index in [1.54, 1.807) is 7.05 Å². The molecule has 1 N–H and O–H groups in total. The van der Waals surface area contributed by atoms with Crippen molar-refractivity contribution < 1.29 is 9.59 Å². The second-order valence-corrected chi connectivity index (χ2v) is 2.31. The van der Waals surface area contributed by atoms with Crippen LogP contribution < -0.4 is 5.32 Å². The predicted molar refractivity (Wildman–Crippen MR) is 45.6 cm³/mol. The molecule has 0 bridgehead atoms. The summed E-state index contributed by atoms with van der Waals surface area (Å²) in [7, 11) is 3.05. The van der Waals surface area contributed by atoms with Crippen molar-refractivity contribution in [1.82, 2.24) is 10.2 Å². The highest BCUT2D eigenvalue weighted by atomic mass is 16.2. The van der Waals surface area contributed by atoms with Crippen LogP contribution in [0.15, 0.2) is 4.99 Å². The molecule has 0 spiro atoms. The Morgan fingerprint density at radius 1 is 1.33 bits per heavy atom. The number of aliphatic imine (C=N–C) groups is 1. The lowest BCUT2D eigenvalue weighted by atomic mass is 10.6. The van der Waals surface area contributed by atoms with Gasteiger partial charge in [-0.2, -0.15) is 0 Å². The van der Waals surface area contributed by atoms with Crippen molar-refractivity contribution in [2.75, 3.05) is 14.1 Å². The van der Waals surface area contributed by atoms with Crippen LogP contribution in [-0.4, -0.2) is 36.8 Å². The standard InChI is InChI=1S/C7H13N3O2/c1-5(11)9-7(8-3)10(4)6(2)12/h1-4H3,(H,8,9,11). The molecule has 0 aliphatic rings. The van der Waals surface area contributed by atoms with Gasteiger partial charge >= 0.3 is 0 Å². The molecule has 0 aromatic rings. The van der Waals surface area contributed by atoms with E-state index in [0.717, 1.165) is 0 Å². The predicted octanol–water partition coefficient (Wildman–Crippen LogP) is -0.413. The van der Waals surface area contributed by atoms with Gasteiger partial charge in [0, 0.05) is 27.9 Å². The Labute approximate surface area is 71.5 Å². The van der Waals surface area contributed by atoms with Gasteiger partial charge in [-0.05, 0) is 0 Å². The van der Waals surface area contributed by atoms with Gasteiger partial charge in [-0.3, -0.25) is 24.8 Å². The number of nitrogens with one attached hydrogen (secondary N) is 1. The fourth-order valence-electron chi connectivity index (χ4n) is 0.596. The first kappa shape index (κ1) is 10.6. The van der Waals surface area contributed by atoms with Crippen LogP contribution in [0.5, 0.6) is 0 Å². The average molecular weight is 171 g/mol. The van der Waals surface area contributed by atoms with Crippen LogP contribution in [0.2, 0.25) is 0 Å². The molecule has 0 aromatic carbocycles. The van der Waals surface area contributed by atoms with E-state index in [-0.39, 0.29) is 17.8 Å². The molecule has 0 aliphatic heterocycles. The highest BCUT2D eigenvalue weighted by molar-refractivity contribution is 6.03. The highest BCUT2D eigenvalue weighted by Crippen LogP contribution is 1.85. The summed E-state index contributed by atoms with van der Waals surface area (Å²) in [5.41, 5.74) is 0. The Balaban J connectivity index is 4.37. The van der Waals surface area contributed by atoms with Crippen LogP contribution >= 0.6 is 0 Å². The molecular weight excluding hydrogens is 158 g/mol. The van der Waals surface area contributed by atoms with Crippen molar-refractivity contribution in [3.63, 3.8) is 0 Å². The van der Waals surface area contributed by atoms with Crippen molar-refractivity contribution in [3.8, 4) is 0 Å². The number of rotatable bonds is 0. The number of guanidine groups is 1. The summed E-state index contributed by atoms with van der Waals surface area (Å²) in [4.78, 5) is 26.4. The minimum atomic E-state index is -0.247. The van der Waals surface area contributed by atoms with Gasteiger partial charge in [0.1, 0.15) is 0 Å². The Hall–Kier alpha value is -1.39. The summed E-state index contributed by atoms with van der Waals surface area (Å²) in [5, 5.41) is 2.43. The minimum absolute atomic E-state index is 0.177. The molecule has 0 atom stereocenters. The fourth-order valence-corrected chi connectivity index (χ4v) is 0.596. The first-order chi connectivity index (χ1) is 5.49. The first-order valence-electron chi connectivity index (χ1n) is 3.47. The number of hydrogen-bond donors (Lipinski definition) is 1. The Bertz CT molecular complexity index is 223. The molecule has 0 rings (SSSR count). The fraction of sp³-hybridized carbons (Fsp3) is 0.571. The molecular formula is C7H13N3O2. The molecule has 0 saturated heterocycles. The van der Waals surface area contributed by atoms with E-state index in [1.165, 1.54) is 25.8 Å². The molecule has 0 radical (unpaired) electrons. The second kappa shape index (κ2) is 4.48. The van der Waals surface area contributed by atoms with Crippen molar-refractivity contribution in [2.45, 2.75) is 13.8 Å². The zero-order chi connectivity index (χ0) is 9.72. The van der Waals surface area contributed by atoms with Crippen molar-refractivity contribution in [2.24, 2.45) is 4.99 Å². The van der Waals surface area contributed by atoms with Gasteiger partial charge in [0.15, 0.2) is 0 Å². The van der Waals surface area contributed by atoms with Gasteiger partial charge in [-0.25, -0.2) is 0 Å². The summed E-state index contributed by atoms with van der Waals surface area (Å²) >= 11 is 0. The number of carbonyl (C=O) groups is 2. The highest BCUT2D eigenvalue weighted by Gasteiger charge is 2.10. The van der Waals surface area contributed by atoms with E-state index in [2.05, 4.69) is 10.3 Å². The molecule has 5 nitrogen and oxygen atoms in total. The maximum Gasteiger partial charge on any atom is 0.225 e. The van der Waals surface area contributed by atoms with E-state index < -0.39 is 0 Å². The number of hydrogen-bond acceptors (Lipinski definition) is 3. The van der Waals surface area contributed by atoms with Gasteiger partial charge in [-0.15, -0.1) is 0 Å². The molecule has 0 heterocycles. The van der Waals surface area contributed by atoms with E-state index in [1.807, 2.05) is 0 Å². The van der Waals surface area contributed by atoms with Crippen LogP contribution in [0, 0.1) is 0 Å². The summed E-state index contributed by atoms with van der Waals surface area (Å²) in [6, 6.07) is 0. The third kappa shape index (κ3) is 3.14. The summed E-state index contributed by atoms with van der Waals surface area (Å²) in [6.07, 6.45) is 0. The zero-order valence-electron chi connectivity index (χ0n) is 7.71. The van der Waals surface area contributed by atoms with Crippen LogP contribution in [0.25, 0.3) is 0 Å². The molecule has 5 heteroatoms. The van der Waals surface area contributed by atoms with Crippen LogP contribution in [0.4, 0.5) is 0 Å².